The van der Waals surface area contributed by atoms with Crippen molar-refractivity contribution in [2.24, 2.45) is 11.8 Å². The van der Waals surface area contributed by atoms with E-state index in [0.717, 1.165) is 38.3 Å². The van der Waals surface area contributed by atoms with Crippen molar-refractivity contribution in [2.75, 3.05) is 31.1 Å². The summed E-state index contributed by atoms with van der Waals surface area (Å²) < 4.78 is 5.88. The Morgan fingerprint density at radius 2 is 1.77 bits per heavy atom. The molecule has 2 aromatic carbocycles. The molecule has 7 heterocycles. The zero-order valence-electron chi connectivity index (χ0n) is 35.2. The third-order valence-corrected chi connectivity index (χ3v) is 13.8. The largest absolute Gasteiger partial charge is 0.507 e. The van der Waals surface area contributed by atoms with E-state index < -0.39 is 18.1 Å². The molecule has 3 aliphatic heterocycles. The molecule has 0 unspecified atom stereocenters. The third kappa shape index (κ3) is 7.92. The van der Waals surface area contributed by atoms with Crippen molar-refractivity contribution in [3.8, 4) is 27.4 Å². The average molecular weight is 858 g/mol. The number of aromatic nitrogens is 5. The smallest absolute Gasteiger partial charge is 0.243 e. The highest BCUT2D eigenvalue weighted by Gasteiger charge is 2.44. The first kappa shape index (κ1) is 41.2. The van der Waals surface area contributed by atoms with Crippen LogP contribution in [0.2, 0.25) is 0 Å². The van der Waals surface area contributed by atoms with Gasteiger partial charge in [-0.15, -0.1) is 21.5 Å². The number of fused-ring (bicyclic) bond motifs is 3. The number of H-pyrrole nitrogens is 1. The molecule has 2 fully saturated rings. The highest BCUT2D eigenvalue weighted by atomic mass is 32.1. The number of aliphatic hydroxyl groups excluding tert-OH is 1. The quantitative estimate of drug-likeness (QED) is 0.124. The predicted molar refractivity (Wildman–Crippen MR) is 234 cm³/mol. The number of aromatic hydroxyl groups is 1. The van der Waals surface area contributed by atoms with Gasteiger partial charge in [0.15, 0.2) is 17.2 Å². The third-order valence-electron chi connectivity index (χ3n) is 12.8. The molecule has 4 N–H and O–H groups in total. The summed E-state index contributed by atoms with van der Waals surface area (Å²) in [6.45, 7) is 10.1. The normalized spacial score (nSPS) is 19.2. The maximum absolute atomic E-state index is 14.3. The van der Waals surface area contributed by atoms with E-state index in [4.69, 9.17) is 4.52 Å². The van der Waals surface area contributed by atoms with E-state index in [1.165, 1.54) is 4.90 Å². The van der Waals surface area contributed by atoms with Crippen molar-refractivity contribution in [2.45, 2.75) is 84.0 Å². The first-order valence-electron chi connectivity index (χ1n) is 21.4. The second kappa shape index (κ2) is 17.0. The Labute approximate surface area is 363 Å². The van der Waals surface area contributed by atoms with Crippen LogP contribution in [0, 0.1) is 18.8 Å². The number of aromatic amines is 1. The van der Waals surface area contributed by atoms with Gasteiger partial charge in [-0.1, -0.05) is 55.4 Å². The number of nitrogens with one attached hydrogen (secondary N) is 2. The zero-order chi connectivity index (χ0) is 43.2. The SMILES string of the molecule is Cc1ncsc1-c1ccc([C@H](C)NC(=O)[C@@H]2C[C@@H](O)CN2C(=O)[C@H](c2cc(N3CCC(C(=O)N4CCc5[nH]c6nnc(-c7ccccc7O)cc6c5C4)CC3)no2)C(C)C)cc1. The Hall–Kier alpha value is -6.13. The molecule has 16 heteroatoms. The molecule has 0 radical (unpaired) electrons. The summed E-state index contributed by atoms with van der Waals surface area (Å²) in [7, 11) is 0. The van der Waals surface area contributed by atoms with Crippen LogP contribution in [0.3, 0.4) is 0 Å². The summed E-state index contributed by atoms with van der Waals surface area (Å²) in [5.41, 5.74) is 8.72. The van der Waals surface area contributed by atoms with Crippen LogP contribution in [-0.4, -0.2) is 101 Å². The molecule has 0 bridgehead atoms. The van der Waals surface area contributed by atoms with E-state index in [1.54, 1.807) is 35.6 Å². The summed E-state index contributed by atoms with van der Waals surface area (Å²) >= 11 is 1.59. The van der Waals surface area contributed by atoms with Crippen molar-refractivity contribution in [1.29, 1.82) is 0 Å². The number of nitrogens with zero attached hydrogens (tertiary/aromatic N) is 7. The number of β-amino-alcohol motifs (C(OH)–C–C–N with tert-alkyl or cyclic N) is 1. The van der Waals surface area contributed by atoms with Crippen LogP contribution in [0.15, 0.2) is 70.7 Å². The molecule has 322 valence electrons. The van der Waals surface area contributed by atoms with Crippen molar-refractivity contribution < 1.29 is 29.1 Å². The maximum atomic E-state index is 14.3. The molecule has 0 aliphatic carbocycles. The molecule has 3 aliphatic rings. The number of anilines is 1. The van der Waals surface area contributed by atoms with Gasteiger partial charge in [-0.2, -0.15) is 0 Å². The second-order valence-electron chi connectivity index (χ2n) is 17.2. The van der Waals surface area contributed by atoms with Crippen LogP contribution in [0.1, 0.15) is 80.3 Å². The van der Waals surface area contributed by atoms with Crippen LogP contribution in [0.4, 0.5) is 5.82 Å². The molecule has 0 saturated carbocycles. The monoisotopic (exact) mass is 857 g/mol. The second-order valence-corrected chi connectivity index (χ2v) is 18.0. The van der Waals surface area contributed by atoms with Crippen LogP contribution >= 0.6 is 11.3 Å². The average Bonchev–Trinajstić information content (AvgIpc) is 4.09. The number of aryl methyl sites for hydroxylation is 1. The van der Waals surface area contributed by atoms with Gasteiger partial charge in [-0.3, -0.25) is 14.4 Å². The van der Waals surface area contributed by atoms with Gasteiger partial charge in [-0.25, -0.2) is 4.98 Å². The van der Waals surface area contributed by atoms with Crippen molar-refractivity contribution in [3.63, 3.8) is 0 Å². The number of carbonyl (C=O) groups excluding carboxylic acids is 3. The lowest BCUT2D eigenvalue weighted by atomic mass is 9.91. The topological polar surface area (TPSA) is 194 Å². The number of amides is 3. The number of phenols is 1. The Bertz CT molecular complexity index is 2610. The molecule has 0 spiro atoms. The molecular formula is C46H51N9O6S. The number of benzene rings is 2. The molecule has 62 heavy (non-hydrogen) atoms. The number of rotatable bonds is 10. The van der Waals surface area contributed by atoms with Gasteiger partial charge < -0.3 is 39.7 Å². The van der Waals surface area contributed by atoms with Gasteiger partial charge in [0.25, 0.3) is 0 Å². The zero-order valence-corrected chi connectivity index (χ0v) is 36.1. The fraction of sp³-hybridized carbons (Fsp3) is 0.413. The number of hydrogen-bond acceptors (Lipinski definition) is 12. The standard InChI is InChI=1S/C46H51N9O6S/c1-25(2)41(46(60)55-22-31(56)19-37(55)44(58)48-26(3)28-9-11-29(12-10-28)42-27(4)47-24-62-42)39-21-40(52-61-39)53-16-13-30(14-17-53)45(59)54-18-15-35-34(23-54)33-20-36(50-51-43(33)49-35)32-7-5-6-8-38(32)57/h5-12,20-21,24-26,30-31,37,41,56-57H,13-19,22-23H2,1-4H3,(H,48,58)(H,49,51)/t26-,31+,37-,41-/m0/s1. The van der Waals surface area contributed by atoms with E-state index in [1.807, 2.05) is 74.5 Å². The van der Waals surface area contributed by atoms with Crippen molar-refractivity contribution >= 4 is 45.9 Å². The molecule has 6 aromatic rings. The van der Waals surface area contributed by atoms with Crippen LogP contribution < -0.4 is 10.2 Å². The lowest BCUT2D eigenvalue weighted by Gasteiger charge is -2.35. The lowest BCUT2D eigenvalue weighted by Crippen LogP contribution is -2.48. The molecule has 9 rings (SSSR count). The van der Waals surface area contributed by atoms with Gasteiger partial charge in [0, 0.05) is 79.8 Å². The molecule has 3 amide bonds. The summed E-state index contributed by atoms with van der Waals surface area (Å²) in [5, 5.41) is 38.3. The van der Waals surface area contributed by atoms with Crippen LogP contribution in [0.25, 0.3) is 32.7 Å². The number of hydrogen-bond donors (Lipinski definition) is 4. The number of likely N-dealkylation sites (tertiary alicyclic amines) is 1. The fourth-order valence-electron chi connectivity index (χ4n) is 9.32. The summed E-state index contributed by atoms with van der Waals surface area (Å²) in [4.78, 5) is 56.4. The van der Waals surface area contributed by atoms with Crippen molar-refractivity contribution in [3.05, 3.63) is 94.4 Å². The van der Waals surface area contributed by atoms with Crippen molar-refractivity contribution in [1.82, 2.24) is 40.4 Å². The Kier molecular flexibility index (Phi) is 11.3. The van der Waals surface area contributed by atoms with E-state index in [0.29, 0.717) is 73.9 Å². The van der Waals surface area contributed by atoms with Crippen LogP contribution in [0.5, 0.6) is 5.75 Å². The van der Waals surface area contributed by atoms with Crippen LogP contribution in [-0.2, 0) is 27.3 Å². The minimum absolute atomic E-state index is 0.0476. The van der Waals surface area contributed by atoms with E-state index >= 15 is 0 Å². The predicted octanol–water partition coefficient (Wildman–Crippen LogP) is 6.13. The Morgan fingerprint density at radius 3 is 2.50 bits per heavy atom. The van der Waals surface area contributed by atoms with Gasteiger partial charge in [0.1, 0.15) is 17.7 Å². The summed E-state index contributed by atoms with van der Waals surface area (Å²) in [6.07, 6.45) is 1.28. The summed E-state index contributed by atoms with van der Waals surface area (Å²) in [5.74, 6) is -0.387. The fourth-order valence-corrected chi connectivity index (χ4v) is 10.1. The number of piperidine rings is 1. The Balaban J connectivity index is 0.822. The minimum atomic E-state index is -0.836. The maximum Gasteiger partial charge on any atom is 0.243 e. The summed E-state index contributed by atoms with van der Waals surface area (Å²) in [6, 6.07) is 17.6. The van der Waals surface area contributed by atoms with E-state index in [-0.39, 0.29) is 54.3 Å². The number of thiazole rings is 1. The van der Waals surface area contributed by atoms with Gasteiger partial charge in [0.2, 0.25) is 17.7 Å². The van der Waals surface area contributed by atoms with Gasteiger partial charge >= 0.3 is 0 Å². The number of para-hydroxylation sites is 1. The number of aliphatic hydroxyl groups is 1. The molecule has 15 nitrogen and oxygen atoms in total. The van der Waals surface area contributed by atoms with Gasteiger partial charge in [0.05, 0.1) is 33.9 Å². The number of carbonyl (C=O) groups is 3. The Morgan fingerprint density at radius 1 is 1.00 bits per heavy atom. The number of phenolic OH excluding ortho intramolecular Hbond substituents is 1. The molecule has 4 aromatic heterocycles. The van der Waals surface area contributed by atoms with E-state index in [2.05, 4.69) is 35.5 Å². The minimum Gasteiger partial charge on any atom is -0.507 e. The highest BCUT2D eigenvalue weighted by molar-refractivity contribution is 7.13. The first-order valence-corrected chi connectivity index (χ1v) is 22.3. The van der Waals surface area contributed by atoms with E-state index in [9.17, 15) is 24.6 Å². The first-order chi connectivity index (χ1) is 29.9. The molecule has 2 saturated heterocycles. The molecular weight excluding hydrogens is 807 g/mol. The molecule has 4 atom stereocenters. The highest BCUT2D eigenvalue weighted by Crippen LogP contribution is 2.36. The van der Waals surface area contributed by atoms with Gasteiger partial charge in [-0.05, 0) is 61.9 Å². The lowest BCUT2D eigenvalue weighted by molar-refractivity contribution is -0.141.